The highest BCUT2D eigenvalue weighted by atomic mass is 19.2. The summed E-state index contributed by atoms with van der Waals surface area (Å²) >= 11 is 0. The molecule has 0 radical (unpaired) electrons. The van der Waals surface area contributed by atoms with Gasteiger partial charge in [0.25, 0.3) is 0 Å². The minimum Gasteiger partial charge on any atom is -0.394 e. The third kappa shape index (κ3) is 4.88. The van der Waals surface area contributed by atoms with Gasteiger partial charge in [0.15, 0.2) is 17.5 Å². The first-order valence-corrected chi connectivity index (χ1v) is 6.55. The van der Waals surface area contributed by atoms with Crippen molar-refractivity contribution >= 4 is 6.03 Å². The number of methoxy groups -OCH3 is 1. The van der Waals surface area contributed by atoms with Crippen molar-refractivity contribution in [3.05, 3.63) is 35.1 Å². The van der Waals surface area contributed by atoms with Gasteiger partial charge in [0.2, 0.25) is 0 Å². The number of aliphatic hydroxyl groups is 1. The number of hydrogen-bond donors (Lipinski definition) is 3. The fourth-order valence-corrected chi connectivity index (χ4v) is 1.59. The average Bonchev–Trinajstić information content (AvgIpc) is 2.47. The van der Waals surface area contributed by atoms with Crippen LogP contribution in [-0.2, 0) is 4.74 Å². The normalized spacial score (nSPS) is 12.9. The molecule has 0 aliphatic carbocycles. The molecule has 1 atom stereocenters. The molecule has 124 valence electrons. The van der Waals surface area contributed by atoms with Crippen LogP contribution in [0.1, 0.15) is 25.5 Å². The summed E-state index contributed by atoms with van der Waals surface area (Å²) in [5.74, 6) is -4.39. The second-order valence-electron chi connectivity index (χ2n) is 5.32. The van der Waals surface area contributed by atoms with Crippen LogP contribution in [0.3, 0.4) is 0 Å². The third-order valence-electron chi connectivity index (χ3n) is 3.12. The molecular weight excluding hydrogens is 301 g/mol. The lowest BCUT2D eigenvalue weighted by Gasteiger charge is -2.24. The van der Waals surface area contributed by atoms with Gasteiger partial charge >= 0.3 is 6.03 Å². The van der Waals surface area contributed by atoms with E-state index in [2.05, 4.69) is 10.6 Å². The maximum absolute atomic E-state index is 13.2. The lowest BCUT2D eigenvalue weighted by molar-refractivity contribution is 0.0252. The number of urea groups is 1. The molecule has 0 heterocycles. The second-order valence-corrected chi connectivity index (χ2v) is 5.32. The topological polar surface area (TPSA) is 70.6 Å². The Morgan fingerprint density at radius 1 is 1.32 bits per heavy atom. The monoisotopic (exact) mass is 320 g/mol. The first-order valence-electron chi connectivity index (χ1n) is 6.55. The number of hydrogen-bond acceptors (Lipinski definition) is 3. The van der Waals surface area contributed by atoms with Crippen molar-refractivity contribution in [1.29, 1.82) is 0 Å². The summed E-state index contributed by atoms with van der Waals surface area (Å²) in [5.41, 5.74) is -0.680. The summed E-state index contributed by atoms with van der Waals surface area (Å²) in [4.78, 5) is 11.7. The lowest BCUT2D eigenvalue weighted by Crippen LogP contribution is -2.45. The van der Waals surface area contributed by atoms with Crippen molar-refractivity contribution in [1.82, 2.24) is 10.6 Å². The van der Waals surface area contributed by atoms with Gasteiger partial charge in [-0.2, -0.15) is 0 Å². The van der Waals surface area contributed by atoms with E-state index in [0.29, 0.717) is 0 Å². The number of nitrogens with one attached hydrogen (secondary N) is 2. The summed E-state index contributed by atoms with van der Waals surface area (Å²) in [5, 5.41) is 14.1. The van der Waals surface area contributed by atoms with Gasteiger partial charge in [-0.1, -0.05) is 0 Å². The molecule has 0 spiro atoms. The van der Waals surface area contributed by atoms with E-state index in [1.807, 2.05) is 0 Å². The maximum Gasteiger partial charge on any atom is 0.315 e. The largest absolute Gasteiger partial charge is 0.394 e. The fourth-order valence-electron chi connectivity index (χ4n) is 1.59. The van der Waals surface area contributed by atoms with E-state index < -0.39 is 41.7 Å². The average molecular weight is 320 g/mol. The molecule has 0 aliphatic rings. The molecular formula is C14H19F3N2O3. The molecule has 5 nitrogen and oxygen atoms in total. The molecule has 0 aromatic heterocycles. The third-order valence-corrected chi connectivity index (χ3v) is 3.12. The highest BCUT2D eigenvalue weighted by Crippen LogP contribution is 2.19. The van der Waals surface area contributed by atoms with Crippen molar-refractivity contribution in [2.24, 2.45) is 0 Å². The molecule has 22 heavy (non-hydrogen) atoms. The highest BCUT2D eigenvalue weighted by molar-refractivity contribution is 5.74. The number of carbonyl (C=O) groups is 1. The van der Waals surface area contributed by atoms with Crippen molar-refractivity contribution in [2.45, 2.75) is 25.5 Å². The van der Waals surface area contributed by atoms with Crippen molar-refractivity contribution < 1.29 is 27.8 Å². The number of halogens is 3. The number of ether oxygens (including phenoxy) is 1. The van der Waals surface area contributed by atoms with E-state index in [1.54, 1.807) is 13.8 Å². The molecule has 1 aromatic carbocycles. The smallest absolute Gasteiger partial charge is 0.315 e. The molecule has 2 amide bonds. The van der Waals surface area contributed by atoms with E-state index in [-0.39, 0.29) is 12.1 Å². The fraction of sp³-hybridized carbons (Fsp3) is 0.500. The van der Waals surface area contributed by atoms with Crippen LogP contribution in [-0.4, -0.2) is 37.0 Å². The zero-order chi connectivity index (χ0) is 16.9. The molecule has 8 heteroatoms. The van der Waals surface area contributed by atoms with E-state index >= 15 is 0 Å². The van der Waals surface area contributed by atoms with E-state index in [9.17, 15) is 23.1 Å². The van der Waals surface area contributed by atoms with Crippen LogP contribution in [0.15, 0.2) is 12.1 Å². The highest BCUT2D eigenvalue weighted by Gasteiger charge is 2.21. The van der Waals surface area contributed by atoms with Crippen LogP contribution in [0.2, 0.25) is 0 Å². The van der Waals surface area contributed by atoms with Gasteiger partial charge in [-0.3, -0.25) is 0 Å². The minimum atomic E-state index is -1.60. The van der Waals surface area contributed by atoms with Crippen molar-refractivity contribution in [2.75, 3.05) is 20.3 Å². The van der Waals surface area contributed by atoms with Gasteiger partial charge in [-0.15, -0.1) is 0 Å². The zero-order valence-corrected chi connectivity index (χ0v) is 12.5. The molecule has 0 saturated carbocycles. The van der Waals surface area contributed by atoms with Gasteiger partial charge in [0, 0.05) is 13.7 Å². The Balaban J connectivity index is 2.75. The van der Waals surface area contributed by atoms with Crippen LogP contribution in [0.25, 0.3) is 0 Å². The van der Waals surface area contributed by atoms with Crippen molar-refractivity contribution in [3.8, 4) is 0 Å². The first-order chi connectivity index (χ1) is 10.2. The molecule has 0 aliphatic heterocycles. The molecule has 0 unspecified atom stereocenters. The first kappa shape index (κ1) is 18.2. The molecule has 0 saturated heterocycles. The minimum absolute atomic E-state index is 0.0833. The molecule has 0 bridgehead atoms. The van der Waals surface area contributed by atoms with Crippen LogP contribution < -0.4 is 10.6 Å². The van der Waals surface area contributed by atoms with Crippen LogP contribution in [0.4, 0.5) is 18.0 Å². The Hall–Kier alpha value is -1.80. The summed E-state index contributed by atoms with van der Waals surface area (Å²) in [6.07, 6.45) is 0. The standard InChI is InChI=1S/C14H19F3N2O3/c1-14(2,22-3)7-18-13(21)19-11(6-20)8-4-9(15)12(17)10(16)5-8/h4-5,11,20H,6-7H2,1-3H3,(H2,18,19,21)/t11-/m1/s1. The van der Waals surface area contributed by atoms with Gasteiger partial charge < -0.3 is 20.5 Å². The van der Waals surface area contributed by atoms with E-state index in [0.717, 1.165) is 12.1 Å². The van der Waals surface area contributed by atoms with Crippen LogP contribution in [0, 0.1) is 17.5 Å². The Kier molecular flexibility index (Phi) is 6.19. The molecule has 1 rings (SSSR count). The summed E-state index contributed by atoms with van der Waals surface area (Å²) in [6, 6.07) is -0.290. The summed E-state index contributed by atoms with van der Waals surface area (Å²) in [7, 11) is 1.49. The predicted octanol–water partition coefficient (Wildman–Crippen LogP) is 1.86. The zero-order valence-electron chi connectivity index (χ0n) is 12.5. The Morgan fingerprint density at radius 3 is 2.32 bits per heavy atom. The van der Waals surface area contributed by atoms with Crippen LogP contribution >= 0.6 is 0 Å². The van der Waals surface area contributed by atoms with Gasteiger partial charge in [0.05, 0.1) is 18.2 Å². The van der Waals surface area contributed by atoms with Crippen molar-refractivity contribution in [3.63, 3.8) is 0 Å². The Labute approximate surface area is 126 Å². The molecule has 1 aromatic rings. The number of carbonyl (C=O) groups excluding carboxylic acids is 1. The summed E-state index contributed by atoms with van der Waals surface area (Å²) in [6.45, 7) is 3.08. The second kappa shape index (κ2) is 7.46. The van der Waals surface area contributed by atoms with Gasteiger partial charge in [-0.05, 0) is 31.5 Å². The number of amides is 2. The number of rotatable bonds is 6. The number of benzene rings is 1. The maximum atomic E-state index is 13.2. The van der Waals surface area contributed by atoms with Gasteiger partial charge in [0.1, 0.15) is 0 Å². The summed E-state index contributed by atoms with van der Waals surface area (Å²) < 4.78 is 44.4. The van der Waals surface area contributed by atoms with Crippen LogP contribution in [0.5, 0.6) is 0 Å². The lowest BCUT2D eigenvalue weighted by atomic mass is 10.1. The number of aliphatic hydroxyl groups excluding tert-OH is 1. The predicted molar refractivity (Wildman–Crippen MR) is 73.8 cm³/mol. The Bertz CT molecular complexity index is 515. The molecule has 0 fully saturated rings. The quantitative estimate of drug-likeness (QED) is 0.701. The SMILES string of the molecule is COC(C)(C)CNC(=O)N[C@H](CO)c1cc(F)c(F)c(F)c1. The Morgan fingerprint density at radius 2 is 1.86 bits per heavy atom. The van der Waals surface area contributed by atoms with E-state index in [4.69, 9.17) is 4.74 Å². The van der Waals surface area contributed by atoms with E-state index in [1.165, 1.54) is 7.11 Å². The molecule has 3 N–H and O–H groups in total. The van der Waals surface area contributed by atoms with Gasteiger partial charge in [-0.25, -0.2) is 18.0 Å².